The molecular weight excluding hydrogens is 278 g/mol. The van der Waals surface area contributed by atoms with Gasteiger partial charge in [-0.25, -0.2) is 8.42 Å². The van der Waals surface area contributed by atoms with E-state index in [1.165, 1.54) is 17.3 Å². The molecule has 19 heavy (non-hydrogen) atoms. The molecule has 2 rings (SSSR count). The van der Waals surface area contributed by atoms with Crippen molar-refractivity contribution in [2.45, 2.75) is 16.2 Å². The lowest BCUT2D eigenvalue weighted by atomic mass is 10.1. The fourth-order valence-electron chi connectivity index (χ4n) is 1.69. The first-order chi connectivity index (χ1) is 8.99. The van der Waals surface area contributed by atoms with Crippen LogP contribution < -0.4 is 0 Å². The molecule has 0 saturated heterocycles. The van der Waals surface area contributed by atoms with Gasteiger partial charge in [-0.2, -0.15) is 0 Å². The molecule has 3 nitrogen and oxygen atoms in total. The van der Waals surface area contributed by atoms with Crippen molar-refractivity contribution in [3.8, 4) is 0 Å². The van der Waals surface area contributed by atoms with E-state index in [2.05, 4.69) is 29.2 Å². The zero-order valence-corrected chi connectivity index (χ0v) is 12.5. The molecule has 0 aliphatic heterocycles. The Bertz CT molecular complexity index is 647. The molecule has 2 aromatic rings. The second kappa shape index (κ2) is 5.75. The summed E-state index contributed by atoms with van der Waals surface area (Å²) in [6.07, 6.45) is 5.35. The Morgan fingerprint density at radius 3 is 2.26 bits per heavy atom. The molecule has 0 atom stereocenters. The maximum atomic E-state index is 11.3. The predicted molar refractivity (Wildman–Crippen MR) is 78.4 cm³/mol. The molecule has 5 heteroatoms. The largest absolute Gasteiger partial charge is 0.260 e. The average Bonchev–Trinajstić information content (AvgIpc) is 2.39. The van der Waals surface area contributed by atoms with E-state index in [0.717, 1.165) is 11.3 Å². The van der Waals surface area contributed by atoms with Crippen LogP contribution in [0.2, 0.25) is 0 Å². The summed E-state index contributed by atoms with van der Waals surface area (Å²) in [5.41, 5.74) is 2.03. The molecule has 100 valence electrons. The van der Waals surface area contributed by atoms with E-state index in [9.17, 15) is 8.42 Å². The maximum absolute atomic E-state index is 11.3. The minimum atomic E-state index is -3.17. The predicted octanol–water partition coefficient (Wildman–Crippen LogP) is 2.80. The van der Waals surface area contributed by atoms with E-state index >= 15 is 0 Å². The lowest BCUT2D eigenvalue weighted by molar-refractivity contribution is 0.601. The van der Waals surface area contributed by atoms with Crippen LogP contribution in [-0.2, 0) is 16.3 Å². The number of pyridine rings is 1. The van der Waals surface area contributed by atoms with Crippen molar-refractivity contribution in [2.24, 2.45) is 0 Å². The van der Waals surface area contributed by atoms with Crippen molar-refractivity contribution in [3.05, 3.63) is 53.9 Å². The first kappa shape index (κ1) is 14.1. The van der Waals surface area contributed by atoms with Gasteiger partial charge in [0, 0.05) is 29.5 Å². The van der Waals surface area contributed by atoms with Gasteiger partial charge >= 0.3 is 0 Å². The van der Waals surface area contributed by atoms with Crippen molar-refractivity contribution in [1.29, 1.82) is 0 Å². The Hall–Kier alpha value is -1.33. The number of hydrogen-bond donors (Lipinski definition) is 0. The molecule has 0 N–H and O–H groups in total. The zero-order chi connectivity index (χ0) is 13.9. The number of nitrogens with zero attached hydrogens (tertiary/aromatic N) is 1. The maximum Gasteiger partial charge on any atom is 0.177 e. The standard InChI is InChI=1S/C14H15NO2S2/c1-18-13-6-3-11(4-7-13)9-12-5-8-14(10-15-12)19(2,16)17/h3-8,10H,9H2,1-2H3. The fraction of sp³-hybridized carbons (Fsp3) is 0.214. The highest BCUT2D eigenvalue weighted by Crippen LogP contribution is 2.17. The molecule has 0 amide bonds. The summed E-state index contributed by atoms with van der Waals surface area (Å²) in [4.78, 5) is 5.68. The molecule has 0 bridgehead atoms. The van der Waals surface area contributed by atoms with Crippen LogP contribution in [0.4, 0.5) is 0 Å². The van der Waals surface area contributed by atoms with Crippen molar-refractivity contribution in [3.63, 3.8) is 0 Å². The number of hydrogen-bond acceptors (Lipinski definition) is 4. The lowest BCUT2D eigenvalue weighted by Crippen LogP contribution is -1.99. The zero-order valence-electron chi connectivity index (χ0n) is 10.8. The molecule has 1 heterocycles. The van der Waals surface area contributed by atoms with E-state index in [1.54, 1.807) is 23.9 Å². The third kappa shape index (κ3) is 3.81. The van der Waals surface area contributed by atoms with E-state index in [1.807, 2.05) is 6.26 Å². The van der Waals surface area contributed by atoms with Crippen molar-refractivity contribution < 1.29 is 8.42 Å². The number of aromatic nitrogens is 1. The van der Waals surface area contributed by atoms with Gasteiger partial charge in [-0.15, -0.1) is 11.8 Å². The number of thioether (sulfide) groups is 1. The first-order valence-electron chi connectivity index (χ1n) is 5.77. The van der Waals surface area contributed by atoms with Crippen molar-refractivity contribution in [2.75, 3.05) is 12.5 Å². The molecule has 0 saturated carbocycles. The van der Waals surface area contributed by atoms with Crippen LogP contribution in [0.1, 0.15) is 11.3 Å². The van der Waals surface area contributed by atoms with E-state index in [0.29, 0.717) is 6.42 Å². The summed E-state index contributed by atoms with van der Waals surface area (Å²) in [5, 5.41) is 0. The number of benzene rings is 1. The average molecular weight is 293 g/mol. The second-order valence-electron chi connectivity index (χ2n) is 4.28. The Labute approximate surface area is 118 Å². The first-order valence-corrected chi connectivity index (χ1v) is 8.88. The van der Waals surface area contributed by atoms with Crippen LogP contribution in [0.25, 0.3) is 0 Å². The van der Waals surface area contributed by atoms with Gasteiger partial charge in [0.2, 0.25) is 0 Å². The summed E-state index contributed by atoms with van der Waals surface area (Å²) >= 11 is 1.71. The highest BCUT2D eigenvalue weighted by molar-refractivity contribution is 7.98. The molecule has 0 aliphatic carbocycles. The Balaban J connectivity index is 2.15. The van der Waals surface area contributed by atoms with Gasteiger partial charge in [-0.3, -0.25) is 4.98 Å². The second-order valence-corrected chi connectivity index (χ2v) is 7.18. The van der Waals surface area contributed by atoms with Gasteiger partial charge < -0.3 is 0 Å². The van der Waals surface area contributed by atoms with E-state index in [-0.39, 0.29) is 4.90 Å². The monoisotopic (exact) mass is 293 g/mol. The van der Waals surface area contributed by atoms with Crippen LogP contribution in [0.5, 0.6) is 0 Å². The Morgan fingerprint density at radius 2 is 1.79 bits per heavy atom. The number of sulfone groups is 1. The normalized spacial score (nSPS) is 11.5. The summed E-state index contributed by atoms with van der Waals surface area (Å²) in [5.74, 6) is 0. The molecule has 0 fully saturated rings. The van der Waals surface area contributed by atoms with Gasteiger partial charge in [-0.05, 0) is 36.1 Å². The third-order valence-corrected chi connectivity index (χ3v) is 4.61. The molecule has 1 aromatic carbocycles. The number of rotatable bonds is 4. The van der Waals surface area contributed by atoms with Crippen LogP contribution in [0.3, 0.4) is 0 Å². The fourth-order valence-corrected chi connectivity index (χ4v) is 2.66. The molecule has 0 aliphatic rings. The van der Waals surface area contributed by atoms with Crippen LogP contribution in [-0.4, -0.2) is 25.9 Å². The summed E-state index contributed by atoms with van der Waals surface area (Å²) in [7, 11) is -3.17. The summed E-state index contributed by atoms with van der Waals surface area (Å²) in [6.45, 7) is 0. The van der Waals surface area contributed by atoms with Crippen LogP contribution in [0.15, 0.2) is 52.4 Å². The minimum absolute atomic E-state index is 0.258. The van der Waals surface area contributed by atoms with E-state index < -0.39 is 9.84 Å². The minimum Gasteiger partial charge on any atom is -0.260 e. The van der Waals surface area contributed by atoms with Crippen LogP contribution >= 0.6 is 11.8 Å². The van der Waals surface area contributed by atoms with Crippen molar-refractivity contribution >= 4 is 21.6 Å². The molecule has 0 unspecified atom stereocenters. The molecular formula is C14H15NO2S2. The molecule has 0 radical (unpaired) electrons. The Kier molecular flexibility index (Phi) is 4.27. The quantitative estimate of drug-likeness (QED) is 0.813. The third-order valence-electron chi connectivity index (χ3n) is 2.77. The lowest BCUT2D eigenvalue weighted by Gasteiger charge is -2.03. The smallest absolute Gasteiger partial charge is 0.177 e. The highest BCUT2D eigenvalue weighted by Gasteiger charge is 2.07. The van der Waals surface area contributed by atoms with Gasteiger partial charge in [0.05, 0.1) is 4.90 Å². The van der Waals surface area contributed by atoms with Gasteiger partial charge in [0.15, 0.2) is 9.84 Å². The van der Waals surface area contributed by atoms with E-state index in [4.69, 9.17) is 0 Å². The SMILES string of the molecule is CSc1ccc(Cc2ccc(S(C)(=O)=O)cn2)cc1. The summed E-state index contributed by atoms with van der Waals surface area (Å²) < 4.78 is 22.7. The van der Waals surface area contributed by atoms with Gasteiger partial charge in [0.25, 0.3) is 0 Å². The van der Waals surface area contributed by atoms with Crippen molar-refractivity contribution in [1.82, 2.24) is 4.98 Å². The van der Waals surface area contributed by atoms with Gasteiger partial charge in [0.1, 0.15) is 0 Å². The van der Waals surface area contributed by atoms with Crippen LogP contribution in [0, 0.1) is 0 Å². The Morgan fingerprint density at radius 1 is 1.11 bits per heavy atom. The summed E-state index contributed by atoms with van der Waals surface area (Å²) in [6, 6.07) is 11.7. The molecule has 1 aromatic heterocycles. The van der Waals surface area contributed by atoms with Gasteiger partial charge in [-0.1, -0.05) is 12.1 Å². The molecule has 0 spiro atoms. The highest BCUT2D eigenvalue weighted by atomic mass is 32.2. The topological polar surface area (TPSA) is 47.0 Å².